The molecule has 0 radical (unpaired) electrons. The lowest BCUT2D eigenvalue weighted by molar-refractivity contribution is 0.0837. The zero-order valence-corrected chi connectivity index (χ0v) is 13.4. The van der Waals surface area contributed by atoms with Crippen molar-refractivity contribution in [2.45, 2.75) is 38.1 Å². The molecule has 1 saturated carbocycles. The van der Waals surface area contributed by atoms with E-state index in [1.54, 1.807) is 11.3 Å². The van der Waals surface area contributed by atoms with E-state index in [1.807, 2.05) is 35.9 Å². The molecular weight excluding hydrogens is 296 g/mol. The largest absolute Gasteiger partial charge is 0.394 e. The van der Waals surface area contributed by atoms with E-state index >= 15 is 0 Å². The molecule has 2 aromatic heterocycles. The van der Waals surface area contributed by atoms with Gasteiger partial charge in [0.15, 0.2) is 0 Å². The van der Waals surface area contributed by atoms with Crippen molar-refractivity contribution in [1.29, 1.82) is 0 Å². The molecule has 0 aromatic carbocycles. The first kappa shape index (κ1) is 15.2. The Labute approximate surface area is 134 Å². The maximum absolute atomic E-state index is 12.5. The van der Waals surface area contributed by atoms with E-state index in [4.69, 9.17) is 0 Å². The molecule has 2 heterocycles. The van der Waals surface area contributed by atoms with Crippen molar-refractivity contribution in [3.8, 4) is 11.3 Å². The molecule has 0 aliphatic heterocycles. The second kappa shape index (κ2) is 6.18. The topological polar surface area (TPSA) is 62.2 Å². The summed E-state index contributed by atoms with van der Waals surface area (Å²) >= 11 is 1.63. The standard InChI is InChI=1S/C17H20N2O2S/c1-12-14(4-5-15(18-12)13-6-9-22-10-13)16(21)19-17(11-20)7-2-3-8-17/h4-6,9-10,20H,2-3,7-8,11H2,1H3,(H,19,21). The summed E-state index contributed by atoms with van der Waals surface area (Å²) in [6, 6.07) is 5.72. The number of carbonyl (C=O) groups is 1. The number of rotatable bonds is 4. The molecule has 0 spiro atoms. The van der Waals surface area contributed by atoms with Gasteiger partial charge in [0.05, 0.1) is 29.1 Å². The number of aryl methyl sites for hydroxylation is 1. The first-order chi connectivity index (χ1) is 10.6. The highest BCUT2D eigenvalue weighted by molar-refractivity contribution is 7.08. The van der Waals surface area contributed by atoms with Crippen molar-refractivity contribution in [3.63, 3.8) is 0 Å². The third-order valence-corrected chi connectivity index (χ3v) is 5.07. The number of aromatic nitrogens is 1. The van der Waals surface area contributed by atoms with Crippen LogP contribution in [-0.4, -0.2) is 28.1 Å². The molecule has 0 saturated heterocycles. The molecule has 116 valence electrons. The SMILES string of the molecule is Cc1nc(-c2ccsc2)ccc1C(=O)NC1(CO)CCCC1. The highest BCUT2D eigenvalue weighted by Gasteiger charge is 2.35. The van der Waals surface area contributed by atoms with Crippen molar-refractivity contribution < 1.29 is 9.90 Å². The fourth-order valence-corrected chi connectivity index (χ4v) is 3.70. The van der Waals surface area contributed by atoms with Crippen LogP contribution in [0.1, 0.15) is 41.7 Å². The third kappa shape index (κ3) is 2.91. The van der Waals surface area contributed by atoms with Crippen LogP contribution in [0.5, 0.6) is 0 Å². The summed E-state index contributed by atoms with van der Waals surface area (Å²) in [5, 5.41) is 16.7. The Morgan fingerprint density at radius 3 is 2.73 bits per heavy atom. The van der Waals surface area contributed by atoms with E-state index in [1.165, 1.54) is 0 Å². The highest BCUT2D eigenvalue weighted by atomic mass is 32.1. The van der Waals surface area contributed by atoms with Gasteiger partial charge in [0.2, 0.25) is 0 Å². The number of thiophene rings is 1. The van der Waals surface area contributed by atoms with Gasteiger partial charge in [-0.1, -0.05) is 12.8 Å². The number of aliphatic hydroxyl groups excluding tert-OH is 1. The van der Waals surface area contributed by atoms with Crippen LogP contribution in [0, 0.1) is 6.92 Å². The normalized spacial score (nSPS) is 16.6. The van der Waals surface area contributed by atoms with Crippen LogP contribution in [-0.2, 0) is 0 Å². The van der Waals surface area contributed by atoms with Crippen molar-refractivity contribution >= 4 is 17.2 Å². The number of carbonyl (C=O) groups excluding carboxylic acids is 1. The molecule has 4 nitrogen and oxygen atoms in total. The summed E-state index contributed by atoms with van der Waals surface area (Å²) in [7, 11) is 0. The highest BCUT2D eigenvalue weighted by Crippen LogP contribution is 2.30. The predicted molar refractivity (Wildman–Crippen MR) is 88.0 cm³/mol. The zero-order valence-electron chi connectivity index (χ0n) is 12.6. The van der Waals surface area contributed by atoms with Crippen LogP contribution in [0.25, 0.3) is 11.3 Å². The molecule has 1 aliphatic rings. The predicted octanol–water partition coefficient (Wildman–Crippen LogP) is 3.15. The lowest BCUT2D eigenvalue weighted by Crippen LogP contribution is -2.49. The van der Waals surface area contributed by atoms with E-state index in [0.717, 1.165) is 36.9 Å². The van der Waals surface area contributed by atoms with Gasteiger partial charge in [-0.25, -0.2) is 0 Å². The fourth-order valence-electron chi connectivity index (χ4n) is 3.05. The maximum atomic E-state index is 12.5. The molecule has 0 unspecified atom stereocenters. The van der Waals surface area contributed by atoms with E-state index < -0.39 is 5.54 Å². The van der Waals surface area contributed by atoms with Gasteiger partial charge >= 0.3 is 0 Å². The zero-order chi connectivity index (χ0) is 15.6. The second-order valence-corrected chi connectivity index (χ2v) is 6.72. The monoisotopic (exact) mass is 316 g/mol. The molecule has 1 amide bonds. The van der Waals surface area contributed by atoms with Gasteiger partial charge in [-0.05, 0) is 43.3 Å². The Morgan fingerprint density at radius 2 is 2.14 bits per heavy atom. The van der Waals surface area contributed by atoms with Gasteiger partial charge in [-0.2, -0.15) is 11.3 Å². The number of hydrogen-bond donors (Lipinski definition) is 2. The van der Waals surface area contributed by atoms with Crippen molar-refractivity contribution in [1.82, 2.24) is 10.3 Å². The van der Waals surface area contributed by atoms with Crippen LogP contribution < -0.4 is 5.32 Å². The molecular formula is C17H20N2O2S. The molecule has 2 aromatic rings. The number of amides is 1. The number of nitrogens with zero attached hydrogens (tertiary/aromatic N) is 1. The summed E-state index contributed by atoms with van der Waals surface area (Å²) in [5.74, 6) is -0.141. The van der Waals surface area contributed by atoms with E-state index in [0.29, 0.717) is 11.3 Å². The Bertz CT molecular complexity index is 661. The van der Waals surface area contributed by atoms with Gasteiger partial charge < -0.3 is 10.4 Å². The van der Waals surface area contributed by atoms with Gasteiger partial charge in [0, 0.05) is 10.9 Å². The van der Waals surface area contributed by atoms with E-state index in [9.17, 15) is 9.90 Å². The Kier molecular flexibility index (Phi) is 4.27. The van der Waals surface area contributed by atoms with Crippen molar-refractivity contribution in [3.05, 3.63) is 40.2 Å². The molecule has 0 atom stereocenters. The minimum atomic E-state index is -0.449. The molecule has 0 bridgehead atoms. The number of aliphatic hydroxyl groups is 1. The van der Waals surface area contributed by atoms with Gasteiger partial charge in [-0.15, -0.1) is 0 Å². The van der Waals surface area contributed by atoms with Crippen LogP contribution in [0.4, 0.5) is 0 Å². The first-order valence-electron chi connectivity index (χ1n) is 7.57. The fraction of sp³-hybridized carbons (Fsp3) is 0.412. The number of pyridine rings is 1. The maximum Gasteiger partial charge on any atom is 0.253 e. The average Bonchev–Trinajstić information content (AvgIpc) is 3.19. The lowest BCUT2D eigenvalue weighted by Gasteiger charge is -2.28. The molecule has 3 rings (SSSR count). The van der Waals surface area contributed by atoms with Crippen molar-refractivity contribution in [2.24, 2.45) is 0 Å². The van der Waals surface area contributed by atoms with Crippen LogP contribution in [0.15, 0.2) is 29.0 Å². The van der Waals surface area contributed by atoms with Gasteiger partial charge in [0.1, 0.15) is 0 Å². The first-order valence-corrected chi connectivity index (χ1v) is 8.51. The van der Waals surface area contributed by atoms with Crippen LogP contribution in [0.3, 0.4) is 0 Å². The second-order valence-electron chi connectivity index (χ2n) is 5.94. The van der Waals surface area contributed by atoms with Crippen LogP contribution >= 0.6 is 11.3 Å². The molecule has 1 fully saturated rings. The summed E-state index contributed by atoms with van der Waals surface area (Å²) < 4.78 is 0. The van der Waals surface area contributed by atoms with Crippen LogP contribution in [0.2, 0.25) is 0 Å². The third-order valence-electron chi connectivity index (χ3n) is 4.39. The molecule has 5 heteroatoms. The molecule has 22 heavy (non-hydrogen) atoms. The number of hydrogen-bond acceptors (Lipinski definition) is 4. The van der Waals surface area contributed by atoms with E-state index in [2.05, 4.69) is 10.3 Å². The van der Waals surface area contributed by atoms with E-state index in [-0.39, 0.29) is 12.5 Å². The Balaban J connectivity index is 1.81. The Hall–Kier alpha value is -1.72. The summed E-state index contributed by atoms with van der Waals surface area (Å²) in [6.45, 7) is 1.85. The average molecular weight is 316 g/mol. The summed E-state index contributed by atoms with van der Waals surface area (Å²) in [4.78, 5) is 17.1. The van der Waals surface area contributed by atoms with Crippen molar-refractivity contribution in [2.75, 3.05) is 6.61 Å². The lowest BCUT2D eigenvalue weighted by atomic mass is 9.98. The quantitative estimate of drug-likeness (QED) is 0.911. The smallest absolute Gasteiger partial charge is 0.253 e. The summed E-state index contributed by atoms with van der Waals surface area (Å²) in [6.07, 6.45) is 3.79. The minimum Gasteiger partial charge on any atom is -0.394 e. The minimum absolute atomic E-state index is 0.00178. The molecule has 2 N–H and O–H groups in total. The Morgan fingerprint density at radius 1 is 1.36 bits per heavy atom. The van der Waals surface area contributed by atoms with Gasteiger partial charge in [0.25, 0.3) is 5.91 Å². The number of nitrogens with one attached hydrogen (secondary N) is 1. The molecule has 1 aliphatic carbocycles. The van der Waals surface area contributed by atoms with Gasteiger partial charge in [-0.3, -0.25) is 9.78 Å². The summed E-state index contributed by atoms with van der Waals surface area (Å²) in [5.41, 5.74) is 2.80.